The Morgan fingerprint density at radius 1 is 1.03 bits per heavy atom. The number of nitrogens with one attached hydrogen (secondary N) is 1. The molecule has 0 aliphatic carbocycles. The van der Waals surface area contributed by atoms with Crippen LogP contribution in [0.4, 0.5) is 0 Å². The second-order valence-corrected chi connectivity index (χ2v) is 8.91. The van der Waals surface area contributed by atoms with Crippen molar-refractivity contribution in [2.75, 3.05) is 59.9 Å². The summed E-state index contributed by atoms with van der Waals surface area (Å²) in [5, 5.41) is 3.56. The molecule has 8 heteroatoms. The van der Waals surface area contributed by atoms with Gasteiger partial charge in [0.05, 0.1) is 6.04 Å². The van der Waals surface area contributed by atoms with Crippen molar-refractivity contribution in [3.63, 3.8) is 0 Å². The first kappa shape index (κ1) is 26.9. The predicted molar refractivity (Wildman–Crippen MR) is 143 cm³/mol. The Bertz CT molecular complexity index is 716. The molecule has 1 N–H and O–H groups in total. The number of amides is 1. The number of nitrogens with zero attached hydrogens (tertiary/aromatic N) is 5. The van der Waals surface area contributed by atoms with Crippen LogP contribution in [-0.4, -0.2) is 103 Å². The Hall–Kier alpha value is -1.39. The molecular weight excluding hydrogens is 515 g/mol. The molecule has 2 unspecified atom stereocenters. The summed E-state index contributed by atoms with van der Waals surface area (Å²) in [6.45, 7) is 11.5. The maximum Gasteiger partial charge on any atom is 0.239 e. The average Bonchev–Trinajstić information content (AvgIpc) is 3.34. The van der Waals surface area contributed by atoms with Gasteiger partial charge in [0, 0.05) is 65.4 Å². The van der Waals surface area contributed by atoms with Gasteiger partial charge in [0.25, 0.3) is 0 Å². The normalized spacial score (nSPS) is 19.6. The lowest BCUT2D eigenvalue weighted by molar-refractivity contribution is -0.135. The van der Waals surface area contributed by atoms with Gasteiger partial charge in [-0.1, -0.05) is 30.3 Å². The monoisotopic (exact) mass is 556 g/mol. The minimum Gasteiger partial charge on any atom is -0.355 e. The van der Waals surface area contributed by atoms with Crippen LogP contribution in [-0.2, 0) is 11.3 Å². The first-order valence-electron chi connectivity index (χ1n) is 11.7. The molecule has 2 fully saturated rings. The molecule has 7 nitrogen and oxygen atoms in total. The van der Waals surface area contributed by atoms with Crippen LogP contribution in [0.3, 0.4) is 0 Å². The molecule has 0 aromatic heterocycles. The molecule has 2 aliphatic rings. The van der Waals surface area contributed by atoms with E-state index in [1.54, 1.807) is 0 Å². The number of guanidine groups is 1. The van der Waals surface area contributed by atoms with Crippen LogP contribution in [0.2, 0.25) is 0 Å². The topological polar surface area (TPSA) is 54.4 Å². The van der Waals surface area contributed by atoms with Gasteiger partial charge in [-0.05, 0) is 39.3 Å². The van der Waals surface area contributed by atoms with Gasteiger partial charge in [0.1, 0.15) is 0 Å². The molecule has 0 bridgehead atoms. The number of carbonyl (C=O) groups excluding carboxylic acids is 1. The van der Waals surface area contributed by atoms with E-state index < -0.39 is 0 Å². The van der Waals surface area contributed by atoms with E-state index in [1.165, 1.54) is 5.56 Å². The molecule has 2 saturated heterocycles. The highest BCUT2D eigenvalue weighted by Crippen LogP contribution is 2.14. The summed E-state index contributed by atoms with van der Waals surface area (Å²) in [5.74, 6) is 1.25. The van der Waals surface area contributed by atoms with Gasteiger partial charge in [-0.2, -0.15) is 0 Å². The molecule has 180 valence electrons. The van der Waals surface area contributed by atoms with Crippen LogP contribution >= 0.6 is 24.0 Å². The Morgan fingerprint density at radius 3 is 2.25 bits per heavy atom. The lowest BCUT2D eigenvalue weighted by atomic mass is 10.2. The number of rotatable bonds is 7. The molecule has 2 heterocycles. The van der Waals surface area contributed by atoms with Crippen molar-refractivity contribution in [2.24, 2.45) is 4.99 Å². The zero-order valence-electron chi connectivity index (χ0n) is 20.2. The standard InChI is InChI=1S/C24H40N6O.HI/c1-20(27(4)19-22-10-6-5-7-11-22)18-26-24(25-3)30-16-14-28(15-17-30)21(2)23(31)29-12-8-9-13-29;/h5-7,10-11,20-21H,8-9,12-19H2,1-4H3,(H,25,26);1H. The lowest BCUT2D eigenvalue weighted by Gasteiger charge is -2.40. The molecule has 2 atom stereocenters. The second-order valence-electron chi connectivity index (χ2n) is 8.91. The number of benzene rings is 1. The second kappa shape index (κ2) is 13.3. The first-order chi connectivity index (χ1) is 15.0. The first-order valence-corrected chi connectivity index (χ1v) is 11.7. The van der Waals surface area contributed by atoms with Crippen LogP contribution in [0.15, 0.2) is 35.3 Å². The van der Waals surface area contributed by atoms with E-state index in [-0.39, 0.29) is 30.0 Å². The minimum absolute atomic E-state index is 0. The van der Waals surface area contributed by atoms with Gasteiger partial charge in [-0.3, -0.25) is 19.6 Å². The van der Waals surface area contributed by atoms with E-state index in [0.29, 0.717) is 11.9 Å². The van der Waals surface area contributed by atoms with Gasteiger partial charge < -0.3 is 15.1 Å². The molecular formula is C24H41IN6O. The van der Waals surface area contributed by atoms with Gasteiger partial charge in [0.2, 0.25) is 5.91 Å². The van der Waals surface area contributed by atoms with Crippen molar-refractivity contribution >= 4 is 35.8 Å². The molecule has 1 aromatic rings. The maximum atomic E-state index is 12.7. The summed E-state index contributed by atoms with van der Waals surface area (Å²) in [6.07, 6.45) is 2.29. The third-order valence-electron chi connectivity index (χ3n) is 6.73. The third-order valence-corrected chi connectivity index (χ3v) is 6.73. The average molecular weight is 557 g/mol. The zero-order chi connectivity index (χ0) is 22.2. The van der Waals surface area contributed by atoms with E-state index in [1.807, 2.05) is 11.9 Å². The highest BCUT2D eigenvalue weighted by Gasteiger charge is 2.30. The lowest BCUT2D eigenvalue weighted by Crippen LogP contribution is -2.57. The predicted octanol–water partition coefficient (Wildman–Crippen LogP) is 2.33. The molecule has 3 rings (SSSR count). The van der Waals surface area contributed by atoms with E-state index in [9.17, 15) is 4.79 Å². The van der Waals surface area contributed by atoms with Gasteiger partial charge in [0.15, 0.2) is 5.96 Å². The molecule has 0 radical (unpaired) electrons. The number of hydrogen-bond acceptors (Lipinski definition) is 4. The fourth-order valence-corrected chi connectivity index (χ4v) is 4.43. The number of hydrogen-bond donors (Lipinski definition) is 1. The van der Waals surface area contributed by atoms with Crippen molar-refractivity contribution in [1.82, 2.24) is 24.9 Å². The highest BCUT2D eigenvalue weighted by atomic mass is 127. The summed E-state index contributed by atoms with van der Waals surface area (Å²) in [7, 11) is 4.02. The van der Waals surface area contributed by atoms with Gasteiger partial charge >= 0.3 is 0 Å². The number of carbonyl (C=O) groups is 1. The maximum absolute atomic E-state index is 12.7. The van der Waals surface area contributed by atoms with E-state index in [4.69, 9.17) is 0 Å². The van der Waals surface area contributed by atoms with Crippen LogP contribution in [0.1, 0.15) is 32.3 Å². The Kier molecular flexibility index (Phi) is 11.2. The minimum atomic E-state index is -0.0260. The van der Waals surface area contributed by atoms with Crippen molar-refractivity contribution in [1.29, 1.82) is 0 Å². The van der Waals surface area contributed by atoms with Gasteiger partial charge in [-0.15, -0.1) is 24.0 Å². The smallest absolute Gasteiger partial charge is 0.239 e. The van der Waals surface area contributed by atoms with Crippen LogP contribution in [0.25, 0.3) is 0 Å². The molecule has 0 saturated carbocycles. The van der Waals surface area contributed by atoms with Crippen LogP contribution in [0.5, 0.6) is 0 Å². The summed E-state index contributed by atoms with van der Waals surface area (Å²) >= 11 is 0. The molecule has 1 amide bonds. The number of halogens is 1. The summed E-state index contributed by atoms with van der Waals surface area (Å²) in [5.41, 5.74) is 1.33. The SMILES string of the molecule is CN=C(NCC(C)N(C)Cc1ccccc1)N1CCN(C(C)C(=O)N2CCCC2)CC1.I. The quantitative estimate of drug-likeness (QED) is 0.318. The fraction of sp³-hybridized carbons (Fsp3) is 0.667. The van der Waals surface area contributed by atoms with E-state index in [2.05, 4.69) is 76.2 Å². The fourth-order valence-electron chi connectivity index (χ4n) is 4.43. The van der Waals surface area contributed by atoms with Crippen LogP contribution < -0.4 is 5.32 Å². The third kappa shape index (κ3) is 7.31. The summed E-state index contributed by atoms with van der Waals surface area (Å²) < 4.78 is 0. The Labute approximate surface area is 211 Å². The summed E-state index contributed by atoms with van der Waals surface area (Å²) in [4.78, 5) is 26.3. The van der Waals surface area contributed by atoms with Crippen molar-refractivity contribution in [2.45, 2.75) is 45.3 Å². The summed E-state index contributed by atoms with van der Waals surface area (Å²) in [6, 6.07) is 10.9. The Morgan fingerprint density at radius 2 is 1.66 bits per heavy atom. The van der Waals surface area contributed by atoms with E-state index >= 15 is 0 Å². The number of likely N-dealkylation sites (tertiary alicyclic amines) is 1. The van der Waals surface area contributed by atoms with E-state index in [0.717, 1.165) is 71.2 Å². The number of piperazine rings is 1. The van der Waals surface area contributed by atoms with Crippen molar-refractivity contribution < 1.29 is 4.79 Å². The molecule has 32 heavy (non-hydrogen) atoms. The largest absolute Gasteiger partial charge is 0.355 e. The van der Waals surface area contributed by atoms with Crippen LogP contribution in [0, 0.1) is 0 Å². The molecule has 0 spiro atoms. The van der Waals surface area contributed by atoms with Crippen molar-refractivity contribution in [3.8, 4) is 0 Å². The Balaban J connectivity index is 0.00000363. The number of likely N-dealkylation sites (N-methyl/N-ethyl adjacent to an activating group) is 1. The van der Waals surface area contributed by atoms with Crippen molar-refractivity contribution in [3.05, 3.63) is 35.9 Å². The molecule has 2 aliphatic heterocycles. The number of aliphatic imine (C=N–C) groups is 1. The zero-order valence-corrected chi connectivity index (χ0v) is 22.5. The highest BCUT2D eigenvalue weighted by molar-refractivity contribution is 14.0. The molecule has 1 aromatic carbocycles. The van der Waals surface area contributed by atoms with Gasteiger partial charge in [-0.25, -0.2) is 0 Å².